The van der Waals surface area contributed by atoms with Crippen LogP contribution in [0, 0.1) is 0 Å². The number of fused-ring (bicyclic) bond motifs is 26. The first kappa shape index (κ1) is 73.9. The van der Waals surface area contributed by atoms with Crippen LogP contribution >= 0.6 is 22.7 Å². The Kier molecular flexibility index (Phi) is 16.4. The topological polar surface area (TPSA) is 120 Å². The Labute approximate surface area is 729 Å². The van der Waals surface area contributed by atoms with E-state index in [1.165, 1.54) is 135 Å². The Hall–Kier alpha value is -15.0. The molecule has 3 aliphatic heterocycles. The summed E-state index contributed by atoms with van der Waals surface area (Å²) in [6.07, 6.45) is 3.87. The van der Waals surface area contributed by atoms with Gasteiger partial charge in [0, 0.05) is 147 Å². The van der Waals surface area contributed by atoms with Crippen molar-refractivity contribution in [2.75, 3.05) is 28.8 Å². The van der Waals surface area contributed by atoms with E-state index in [0.29, 0.717) is 29.5 Å². The highest BCUT2D eigenvalue weighted by molar-refractivity contribution is 7.21. The van der Waals surface area contributed by atoms with Gasteiger partial charge in [-0.2, -0.15) is 9.97 Å². The molecule has 0 saturated heterocycles. The van der Waals surface area contributed by atoms with Crippen molar-refractivity contribution in [2.24, 2.45) is 7.05 Å². The second-order valence-corrected chi connectivity index (χ2v) is 36.6. The summed E-state index contributed by atoms with van der Waals surface area (Å²) in [7, 11) is 6.61. The van der Waals surface area contributed by atoms with Gasteiger partial charge in [-0.05, 0) is 83.4 Å². The lowest BCUT2D eigenvalue weighted by Crippen LogP contribution is -2.32. The van der Waals surface area contributed by atoms with Gasteiger partial charge in [0.1, 0.15) is 0 Å². The van der Waals surface area contributed by atoms with Crippen molar-refractivity contribution in [3.05, 3.63) is 366 Å². The third-order valence-corrected chi connectivity index (χ3v) is 29.5. The molecule has 9 aromatic heterocycles. The standard InChI is InChI=1S/C39H29N5S.C37H26N4S.C33H27N5/c1-39(2)29-19-11-13-21-31(29)43(3)33-28-23-22-27-26-18-10-12-20-30(26)44(32(27)34(28)45-35(33)39)38-41-36(24-14-6-4-7-15-24)40-37(42-38)25-16-8-5-9-17-25;1-37(2)28-16-8-11-19-31(28)40(24-13-4-3-5-14-24)33-27-21-20-26-25-15-7-10-18-30(25)41(32(26)34(27)42-35(33)37)36-38-22-23-12-6-9-17-29(23)39-36;1-33(2)24-13-7-10-16-27(24)36(3)30-23-18-17-22-21-12-6-9-15-26(21)38(29(22)28(23)37(4)31(30)33)32-34-19-20-11-5-8-14-25(20)35-32/h4-23H,1-3H3;3-22H,1-2H3;5-19H,1-4H3. The van der Waals surface area contributed by atoms with E-state index < -0.39 is 0 Å². The molecule has 14 nitrogen and oxygen atoms in total. The molecule has 14 aromatic carbocycles. The number of anilines is 7. The largest absolute Gasteiger partial charge is 0.343 e. The summed E-state index contributed by atoms with van der Waals surface area (Å²) in [6.45, 7) is 14.1. The second-order valence-electron chi connectivity index (χ2n) is 34.6. The predicted molar refractivity (Wildman–Crippen MR) is 520 cm³/mol. The smallest absolute Gasteiger partial charge is 0.238 e. The van der Waals surface area contributed by atoms with Crippen molar-refractivity contribution in [1.29, 1.82) is 0 Å². The van der Waals surface area contributed by atoms with Gasteiger partial charge in [-0.3, -0.25) is 13.7 Å². The van der Waals surface area contributed by atoms with E-state index in [0.717, 1.165) is 66.0 Å². The summed E-state index contributed by atoms with van der Waals surface area (Å²) in [4.78, 5) is 45.1. The van der Waals surface area contributed by atoms with Crippen molar-refractivity contribution >= 4 is 181 Å². The Morgan fingerprint density at radius 2 is 0.656 bits per heavy atom. The Morgan fingerprint density at radius 1 is 0.280 bits per heavy atom. The van der Waals surface area contributed by atoms with E-state index in [9.17, 15) is 0 Å². The Morgan fingerprint density at radius 3 is 1.18 bits per heavy atom. The van der Waals surface area contributed by atoms with Crippen molar-refractivity contribution in [1.82, 2.24) is 53.2 Å². The van der Waals surface area contributed by atoms with E-state index >= 15 is 0 Å². The van der Waals surface area contributed by atoms with Crippen LogP contribution in [-0.4, -0.2) is 67.3 Å². The first-order valence-corrected chi connectivity index (χ1v) is 44.2. The highest BCUT2D eigenvalue weighted by Gasteiger charge is 2.44. The fourth-order valence-electron chi connectivity index (χ4n) is 20.6. The summed E-state index contributed by atoms with van der Waals surface area (Å²) >= 11 is 3.80. The number of benzene rings is 14. The zero-order valence-electron chi connectivity index (χ0n) is 70.3. The van der Waals surface area contributed by atoms with E-state index in [-0.39, 0.29) is 16.2 Å². The quantitative estimate of drug-likeness (QED) is 0.159. The minimum Gasteiger partial charge on any atom is -0.343 e. The van der Waals surface area contributed by atoms with Crippen LogP contribution in [0.25, 0.3) is 159 Å². The van der Waals surface area contributed by atoms with E-state index in [2.05, 4.69) is 357 Å². The SMILES string of the molecule is CC1(C)c2ccccc2N(c2ccccc2)c2c1sc1c2ccc2c3ccccc3n(-c3ncc4ccccc4n3)c21.CN1c2ccccc2C(C)(C)c2c1c1ccc3c4ccccc4n(-c4ncc5ccccc5n4)c3c1n2C.CN1c2ccccc2C(C)(C)c2sc3c(ccc4c5ccccc5n(-c5nc(-c6ccccc6)nc(-c6ccccc6)n5)c43)c21. The molecule has 12 heterocycles. The van der Waals surface area contributed by atoms with Gasteiger partial charge in [-0.25, -0.2) is 24.9 Å². The van der Waals surface area contributed by atoms with Crippen molar-refractivity contribution in [2.45, 2.75) is 57.8 Å². The second kappa shape index (κ2) is 27.8. The third-order valence-electron chi connectivity index (χ3n) is 26.5. The maximum atomic E-state index is 5.17. The summed E-state index contributed by atoms with van der Waals surface area (Å²) < 4.78 is 11.7. The zero-order valence-corrected chi connectivity index (χ0v) is 72.0. The molecule has 0 radical (unpaired) electrons. The normalized spacial score (nSPS) is 14.1. The van der Waals surface area contributed by atoms with Crippen molar-refractivity contribution in [3.63, 3.8) is 0 Å². The van der Waals surface area contributed by atoms with Gasteiger partial charge in [-0.1, -0.05) is 296 Å². The lowest BCUT2D eigenvalue weighted by molar-refractivity contribution is 0.581. The number of para-hydroxylation sites is 9. The summed E-state index contributed by atoms with van der Waals surface area (Å²) in [5.74, 6) is 3.31. The zero-order chi connectivity index (χ0) is 84.0. The van der Waals surface area contributed by atoms with Crippen molar-refractivity contribution in [3.8, 4) is 40.6 Å². The monoisotopic (exact) mass is 1650 g/mol. The molecule has 125 heavy (non-hydrogen) atoms. The van der Waals surface area contributed by atoms with Gasteiger partial charge >= 0.3 is 0 Å². The van der Waals surface area contributed by atoms with Gasteiger partial charge in [0.15, 0.2) is 11.6 Å². The van der Waals surface area contributed by atoms with Crippen LogP contribution in [0.2, 0.25) is 0 Å². The highest BCUT2D eigenvalue weighted by Crippen LogP contribution is 2.61. The first-order valence-electron chi connectivity index (χ1n) is 42.5. The Bertz CT molecular complexity index is 8360. The lowest BCUT2D eigenvalue weighted by Gasteiger charge is -2.40. The first-order chi connectivity index (χ1) is 61.1. The maximum absolute atomic E-state index is 5.17. The molecular weight excluding hydrogens is 1570 g/mol. The average Bonchev–Trinajstić information content (AvgIpc) is 1.54. The molecule has 0 N–H and O–H groups in total. The summed E-state index contributed by atoms with van der Waals surface area (Å²) in [6, 6.07) is 113. The Balaban J connectivity index is 0.000000106. The predicted octanol–water partition coefficient (Wildman–Crippen LogP) is 27.6. The molecule has 0 aliphatic carbocycles. The van der Waals surface area contributed by atoms with Crippen LogP contribution in [0.4, 0.5) is 39.8 Å². The molecular formula is C109H82N14S2. The average molecular weight is 1650 g/mol. The van der Waals surface area contributed by atoms with E-state index in [1.807, 2.05) is 95.7 Å². The number of hydrogen-bond acceptors (Lipinski definition) is 12. The van der Waals surface area contributed by atoms with E-state index in [4.69, 9.17) is 34.9 Å². The molecule has 3 aliphatic rings. The van der Waals surface area contributed by atoms with Crippen LogP contribution in [-0.2, 0) is 23.3 Å². The molecule has 0 spiro atoms. The molecule has 0 atom stereocenters. The summed E-state index contributed by atoms with van der Waals surface area (Å²) in [5, 5.41) is 13.0. The van der Waals surface area contributed by atoms with Crippen LogP contribution < -0.4 is 14.7 Å². The summed E-state index contributed by atoms with van der Waals surface area (Å²) in [5.41, 5.74) is 25.4. The number of rotatable bonds is 6. The minimum atomic E-state index is -0.163. The molecule has 0 fully saturated rings. The van der Waals surface area contributed by atoms with Crippen LogP contribution in [0.1, 0.15) is 73.7 Å². The number of nitrogens with zero attached hydrogens (tertiary/aromatic N) is 14. The van der Waals surface area contributed by atoms with Crippen LogP contribution in [0.15, 0.2) is 334 Å². The fraction of sp³-hybridized carbons (Fsp3) is 0.110. The number of aromatic nitrogens is 11. The molecule has 0 saturated carbocycles. The van der Waals surface area contributed by atoms with Gasteiger partial charge in [0.05, 0.1) is 87.5 Å². The third kappa shape index (κ3) is 10.9. The van der Waals surface area contributed by atoms with Crippen LogP contribution in [0.5, 0.6) is 0 Å². The molecule has 0 amide bonds. The van der Waals surface area contributed by atoms with Gasteiger partial charge < -0.3 is 19.3 Å². The molecule has 16 heteroatoms. The number of hydrogen-bond donors (Lipinski definition) is 0. The number of thiophene rings is 2. The molecule has 0 bridgehead atoms. The van der Waals surface area contributed by atoms with Gasteiger partial charge in [0.2, 0.25) is 17.8 Å². The van der Waals surface area contributed by atoms with Gasteiger partial charge in [-0.15, -0.1) is 22.7 Å². The lowest BCUT2D eigenvalue weighted by atomic mass is 9.77. The fourth-order valence-corrected chi connectivity index (χ4v) is 23.6. The maximum Gasteiger partial charge on any atom is 0.238 e. The van der Waals surface area contributed by atoms with Crippen LogP contribution in [0.3, 0.4) is 0 Å². The molecule has 600 valence electrons. The minimum absolute atomic E-state index is 0.139. The van der Waals surface area contributed by atoms with Gasteiger partial charge in [0.25, 0.3) is 0 Å². The van der Waals surface area contributed by atoms with Crippen molar-refractivity contribution < 1.29 is 0 Å². The molecule has 26 rings (SSSR count). The highest BCUT2D eigenvalue weighted by atomic mass is 32.1. The number of aryl methyl sites for hydroxylation is 1. The van der Waals surface area contributed by atoms with E-state index in [1.54, 1.807) is 0 Å². The molecule has 23 aromatic rings. The molecule has 0 unspecified atom stereocenters.